The van der Waals surface area contributed by atoms with E-state index in [1.807, 2.05) is 0 Å². The molecule has 24 heavy (non-hydrogen) atoms. The Morgan fingerprint density at radius 3 is 2.17 bits per heavy atom. The lowest BCUT2D eigenvalue weighted by Crippen LogP contribution is -2.48. The summed E-state index contributed by atoms with van der Waals surface area (Å²) < 4.78 is 37.9. The summed E-state index contributed by atoms with van der Waals surface area (Å²) >= 11 is 0. The number of aryl methyl sites for hydroxylation is 1. The number of hydrogen-bond acceptors (Lipinski definition) is 2. The number of H-pyrrole nitrogens is 1. The van der Waals surface area contributed by atoms with Gasteiger partial charge in [-0.25, -0.2) is 4.98 Å². The van der Waals surface area contributed by atoms with Gasteiger partial charge in [-0.3, -0.25) is 4.90 Å². The van der Waals surface area contributed by atoms with Crippen LogP contribution in [0.4, 0.5) is 24.7 Å². The van der Waals surface area contributed by atoms with Crippen LogP contribution in [0.5, 0.6) is 0 Å². The first-order valence-electron chi connectivity index (χ1n) is 8.01. The maximum absolute atomic E-state index is 12.6. The van der Waals surface area contributed by atoms with Crippen LogP contribution in [-0.2, 0) is 6.18 Å². The predicted molar refractivity (Wildman–Crippen MR) is 88.3 cm³/mol. The van der Waals surface area contributed by atoms with Crippen LogP contribution in [-0.4, -0.2) is 26.2 Å². The summed E-state index contributed by atoms with van der Waals surface area (Å²) in [7, 11) is 0. The summed E-state index contributed by atoms with van der Waals surface area (Å²) in [5.74, 6) is 0.726. The molecule has 2 aromatic rings. The number of rotatable bonds is 2. The highest BCUT2D eigenvalue weighted by Crippen LogP contribution is 2.29. The van der Waals surface area contributed by atoms with Gasteiger partial charge in [0.05, 0.1) is 18.7 Å². The van der Waals surface area contributed by atoms with Gasteiger partial charge in [-0.15, -0.1) is 0 Å². The monoisotopic (exact) mass is 336 g/mol. The molecule has 1 aromatic heterocycles. The minimum Gasteiger partial charge on any atom is -0.363 e. The number of alkyl halides is 3. The number of halogens is 3. The van der Waals surface area contributed by atoms with E-state index >= 15 is 0 Å². The Morgan fingerprint density at radius 2 is 1.58 bits per heavy atom. The van der Waals surface area contributed by atoms with Gasteiger partial charge in [0.15, 0.2) is 0 Å². The summed E-state index contributed by atoms with van der Waals surface area (Å²) in [6.07, 6.45) is -3.27. The minimum absolute atomic E-state index is 0.653. The average molecular weight is 336 g/mol. The number of aromatic nitrogens is 1. The summed E-state index contributed by atoms with van der Waals surface area (Å²) in [6.45, 7) is 7.47. The van der Waals surface area contributed by atoms with Crippen LogP contribution in [0, 0.1) is 13.8 Å². The van der Waals surface area contributed by atoms with Crippen molar-refractivity contribution < 1.29 is 18.2 Å². The van der Waals surface area contributed by atoms with E-state index in [0.717, 1.165) is 44.3 Å². The van der Waals surface area contributed by atoms with E-state index in [1.165, 1.54) is 22.9 Å². The van der Waals surface area contributed by atoms with Crippen LogP contribution < -0.4 is 14.8 Å². The lowest BCUT2D eigenvalue weighted by Gasteiger charge is -2.33. The van der Waals surface area contributed by atoms with Crippen LogP contribution in [0.2, 0.25) is 0 Å². The lowest BCUT2D eigenvalue weighted by molar-refractivity contribution is -0.367. The Bertz CT molecular complexity index is 702. The highest BCUT2D eigenvalue weighted by molar-refractivity contribution is 5.57. The summed E-state index contributed by atoms with van der Waals surface area (Å²) in [5.41, 5.74) is 3.14. The molecule has 1 fully saturated rings. The van der Waals surface area contributed by atoms with E-state index < -0.39 is 11.7 Å². The largest absolute Gasteiger partial charge is 0.419 e. The van der Waals surface area contributed by atoms with E-state index in [1.54, 1.807) is 0 Å². The smallest absolute Gasteiger partial charge is 0.363 e. The molecule has 0 unspecified atom stereocenters. The van der Waals surface area contributed by atoms with Crippen molar-refractivity contribution >= 4 is 11.5 Å². The molecule has 3 rings (SSSR count). The number of hydrogen-bond donors (Lipinski definition) is 0. The van der Waals surface area contributed by atoms with Gasteiger partial charge in [-0.1, -0.05) is 12.1 Å². The van der Waals surface area contributed by atoms with Crippen molar-refractivity contribution in [1.29, 1.82) is 0 Å². The molecular formula is C18H21F3N3+. The van der Waals surface area contributed by atoms with Gasteiger partial charge in [0, 0.05) is 11.8 Å². The third-order valence-electron chi connectivity index (χ3n) is 4.66. The van der Waals surface area contributed by atoms with E-state index in [9.17, 15) is 13.2 Å². The topological polar surface area (TPSA) is 20.6 Å². The standard InChI is InChI=1S/C18H20F3N3/c1-13-4-3-5-16(14(13)2)23-8-10-24(11-9-23)17-7-6-15(12-22-17)18(19,20)21/h3-7,12H,8-11H2,1-2H3/p+1. The zero-order valence-electron chi connectivity index (χ0n) is 13.8. The van der Waals surface area contributed by atoms with Crippen molar-refractivity contribution in [3.05, 3.63) is 53.2 Å². The quantitative estimate of drug-likeness (QED) is 0.837. The van der Waals surface area contributed by atoms with Crippen LogP contribution in [0.25, 0.3) is 0 Å². The van der Waals surface area contributed by atoms with Crippen molar-refractivity contribution in [2.45, 2.75) is 20.0 Å². The summed E-state index contributed by atoms with van der Waals surface area (Å²) in [6, 6.07) is 8.93. The molecular weight excluding hydrogens is 315 g/mol. The van der Waals surface area contributed by atoms with Crippen molar-refractivity contribution in [2.24, 2.45) is 0 Å². The Labute approximate surface area is 139 Å². The maximum Gasteiger partial charge on any atom is 0.419 e. The molecule has 0 bridgehead atoms. The van der Waals surface area contributed by atoms with Gasteiger partial charge in [-0.05, 0) is 37.1 Å². The third kappa shape index (κ3) is 3.32. The normalized spacial score (nSPS) is 15.7. The number of nitrogens with one attached hydrogen (secondary N) is 1. The van der Waals surface area contributed by atoms with Gasteiger partial charge in [0.25, 0.3) is 5.82 Å². The van der Waals surface area contributed by atoms with Crippen LogP contribution in [0.3, 0.4) is 0 Å². The molecule has 0 aliphatic carbocycles. The highest BCUT2D eigenvalue weighted by Gasteiger charge is 2.32. The first-order chi connectivity index (χ1) is 11.4. The summed E-state index contributed by atoms with van der Waals surface area (Å²) in [4.78, 5) is 7.20. The molecule has 0 amide bonds. The zero-order valence-corrected chi connectivity index (χ0v) is 13.8. The Morgan fingerprint density at radius 1 is 0.917 bits per heavy atom. The van der Waals surface area contributed by atoms with Crippen LogP contribution in [0.1, 0.15) is 16.7 Å². The molecule has 1 aliphatic rings. The number of nitrogens with zero attached hydrogens (tertiary/aromatic N) is 2. The number of anilines is 2. The lowest BCUT2D eigenvalue weighted by atomic mass is 10.1. The fraction of sp³-hybridized carbons (Fsp3) is 0.389. The van der Waals surface area contributed by atoms with E-state index in [0.29, 0.717) is 0 Å². The molecule has 6 heteroatoms. The van der Waals surface area contributed by atoms with Crippen molar-refractivity contribution in [1.82, 2.24) is 0 Å². The van der Waals surface area contributed by atoms with Gasteiger partial charge in [-0.2, -0.15) is 13.2 Å². The average Bonchev–Trinajstić information content (AvgIpc) is 2.57. The van der Waals surface area contributed by atoms with Crippen molar-refractivity contribution in [3.63, 3.8) is 0 Å². The molecule has 3 nitrogen and oxygen atoms in total. The zero-order chi connectivity index (χ0) is 17.3. The number of pyridine rings is 1. The van der Waals surface area contributed by atoms with Crippen LogP contribution in [0.15, 0.2) is 36.5 Å². The summed E-state index contributed by atoms with van der Waals surface area (Å²) in [5, 5.41) is 0. The number of aromatic amines is 1. The van der Waals surface area contributed by atoms with Crippen LogP contribution >= 0.6 is 0 Å². The molecule has 0 spiro atoms. The second-order valence-electron chi connectivity index (χ2n) is 6.15. The Kier molecular flexibility index (Phi) is 4.39. The molecule has 1 aliphatic heterocycles. The fourth-order valence-electron chi connectivity index (χ4n) is 3.06. The molecule has 0 atom stereocenters. The first kappa shape index (κ1) is 16.6. The van der Waals surface area contributed by atoms with Gasteiger partial charge in [0.1, 0.15) is 19.3 Å². The molecule has 0 saturated carbocycles. The number of benzene rings is 1. The molecule has 1 N–H and O–H groups in total. The van der Waals surface area contributed by atoms with Crippen molar-refractivity contribution in [2.75, 3.05) is 36.0 Å². The molecule has 1 aromatic carbocycles. The molecule has 1 saturated heterocycles. The fourth-order valence-corrected chi connectivity index (χ4v) is 3.06. The second-order valence-corrected chi connectivity index (χ2v) is 6.15. The van der Waals surface area contributed by atoms with E-state index in [2.05, 4.69) is 46.8 Å². The van der Waals surface area contributed by atoms with Gasteiger partial charge >= 0.3 is 6.18 Å². The Balaban J connectivity index is 1.68. The van der Waals surface area contributed by atoms with Gasteiger partial charge < -0.3 is 4.90 Å². The maximum atomic E-state index is 12.6. The van der Waals surface area contributed by atoms with E-state index in [4.69, 9.17) is 0 Å². The highest BCUT2D eigenvalue weighted by atomic mass is 19.4. The molecule has 0 radical (unpaired) electrons. The van der Waals surface area contributed by atoms with E-state index in [-0.39, 0.29) is 0 Å². The minimum atomic E-state index is -4.31. The predicted octanol–water partition coefficient (Wildman–Crippen LogP) is 3.46. The number of piperazine rings is 1. The molecule has 128 valence electrons. The molecule has 2 heterocycles. The van der Waals surface area contributed by atoms with Gasteiger partial charge in [0.2, 0.25) is 0 Å². The van der Waals surface area contributed by atoms with Crippen molar-refractivity contribution in [3.8, 4) is 0 Å². The second kappa shape index (κ2) is 6.34. The Hall–Kier alpha value is -2.24. The first-order valence-corrected chi connectivity index (χ1v) is 8.01. The third-order valence-corrected chi connectivity index (χ3v) is 4.66. The SMILES string of the molecule is Cc1cccc(N2CCN(c3ccc(C(F)(F)F)c[nH+]3)CC2)c1C.